The first-order chi connectivity index (χ1) is 6.13. The van der Waals surface area contributed by atoms with E-state index in [1.165, 1.54) is 0 Å². The van der Waals surface area contributed by atoms with Crippen molar-refractivity contribution in [1.82, 2.24) is 4.90 Å². The van der Waals surface area contributed by atoms with Crippen LogP contribution in [0.2, 0.25) is 0 Å². The average Bonchev–Trinajstić information content (AvgIpc) is 2.31. The van der Waals surface area contributed by atoms with Crippen LogP contribution in [0, 0.1) is 0 Å². The van der Waals surface area contributed by atoms with Crippen LogP contribution >= 0.6 is 11.8 Å². The van der Waals surface area contributed by atoms with Crippen LogP contribution in [0.15, 0.2) is 12.2 Å². The molecule has 1 aliphatic rings. The second-order valence-electron chi connectivity index (χ2n) is 3.51. The van der Waals surface area contributed by atoms with Crippen molar-refractivity contribution in [1.29, 1.82) is 0 Å². The van der Waals surface area contributed by atoms with Crippen LogP contribution in [0.25, 0.3) is 0 Å². The van der Waals surface area contributed by atoms with Crippen molar-refractivity contribution in [2.24, 2.45) is 0 Å². The predicted molar refractivity (Wildman–Crippen MR) is 57.9 cm³/mol. The van der Waals surface area contributed by atoms with E-state index in [2.05, 4.69) is 13.5 Å². The molecule has 0 radical (unpaired) electrons. The first kappa shape index (κ1) is 10.6. The molecule has 0 spiro atoms. The standard InChI is InChI=1S/C10H17NOS/c1-4-13-9-5-10(12)11(7-9)6-8(2)3/h9H,2,4-7H2,1,3H3. The van der Waals surface area contributed by atoms with Gasteiger partial charge in [0.25, 0.3) is 0 Å². The molecule has 3 heteroatoms. The molecular formula is C10H17NOS. The highest BCUT2D eigenvalue weighted by atomic mass is 32.2. The Labute approximate surface area is 84.4 Å². The van der Waals surface area contributed by atoms with Gasteiger partial charge in [0.2, 0.25) is 5.91 Å². The molecule has 0 aromatic carbocycles. The van der Waals surface area contributed by atoms with Crippen molar-refractivity contribution in [2.45, 2.75) is 25.5 Å². The van der Waals surface area contributed by atoms with Gasteiger partial charge in [-0.25, -0.2) is 0 Å². The van der Waals surface area contributed by atoms with E-state index in [0.717, 1.165) is 24.4 Å². The molecule has 1 aliphatic heterocycles. The Morgan fingerprint density at radius 2 is 2.46 bits per heavy atom. The molecule has 0 bridgehead atoms. The summed E-state index contributed by atoms with van der Waals surface area (Å²) >= 11 is 1.88. The van der Waals surface area contributed by atoms with Gasteiger partial charge in [-0.3, -0.25) is 4.79 Å². The van der Waals surface area contributed by atoms with E-state index in [0.29, 0.717) is 11.7 Å². The van der Waals surface area contributed by atoms with Gasteiger partial charge in [-0.1, -0.05) is 19.1 Å². The van der Waals surface area contributed by atoms with Crippen LogP contribution in [0.3, 0.4) is 0 Å². The molecule has 2 nitrogen and oxygen atoms in total. The Morgan fingerprint density at radius 3 is 3.00 bits per heavy atom. The van der Waals surface area contributed by atoms with Gasteiger partial charge in [0.1, 0.15) is 0 Å². The minimum absolute atomic E-state index is 0.286. The summed E-state index contributed by atoms with van der Waals surface area (Å²) in [5.74, 6) is 1.38. The molecule has 0 saturated carbocycles. The Hall–Kier alpha value is -0.440. The monoisotopic (exact) mass is 199 g/mol. The second-order valence-corrected chi connectivity index (χ2v) is 5.09. The molecule has 74 valence electrons. The van der Waals surface area contributed by atoms with Gasteiger partial charge in [0.05, 0.1) is 0 Å². The molecule has 0 N–H and O–H groups in total. The van der Waals surface area contributed by atoms with Crippen molar-refractivity contribution >= 4 is 17.7 Å². The molecule has 1 fully saturated rings. The molecule has 13 heavy (non-hydrogen) atoms. The fourth-order valence-corrected chi connectivity index (χ4v) is 2.58. The van der Waals surface area contributed by atoms with Crippen LogP contribution in [-0.4, -0.2) is 34.9 Å². The summed E-state index contributed by atoms with van der Waals surface area (Å²) in [6, 6.07) is 0. The van der Waals surface area contributed by atoms with Crippen molar-refractivity contribution in [3.8, 4) is 0 Å². The molecule has 1 amide bonds. The number of hydrogen-bond donors (Lipinski definition) is 0. The van der Waals surface area contributed by atoms with Crippen LogP contribution in [0.1, 0.15) is 20.3 Å². The molecule has 1 saturated heterocycles. The second kappa shape index (κ2) is 4.70. The SMILES string of the molecule is C=C(C)CN1CC(SCC)CC1=O. The highest BCUT2D eigenvalue weighted by molar-refractivity contribution is 7.99. The molecular weight excluding hydrogens is 182 g/mol. The van der Waals surface area contributed by atoms with Crippen LogP contribution in [0.5, 0.6) is 0 Å². The number of rotatable bonds is 4. The van der Waals surface area contributed by atoms with Crippen LogP contribution in [-0.2, 0) is 4.79 Å². The summed E-state index contributed by atoms with van der Waals surface area (Å²) < 4.78 is 0. The van der Waals surface area contributed by atoms with E-state index in [4.69, 9.17) is 0 Å². The molecule has 1 heterocycles. The number of carbonyl (C=O) groups excluding carboxylic acids is 1. The number of likely N-dealkylation sites (tertiary alicyclic amines) is 1. The van der Waals surface area contributed by atoms with Crippen LogP contribution in [0.4, 0.5) is 0 Å². The molecule has 1 unspecified atom stereocenters. The number of nitrogens with zero attached hydrogens (tertiary/aromatic N) is 1. The Balaban J connectivity index is 2.41. The first-order valence-electron chi connectivity index (χ1n) is 4.67. The van der Waals surface area contributed by atoms with Crippen molar-refractivity contribution in [3.05, 3.63) is 12.2 Å². The minimum Gasteiger partial charge on any atom is -0.338 e. The van der Waals surface area contributed by atoms with Gasteiger partial charge in [-0.05, 0) is 12.7 Å². The van der Waals surface area contributed by atoms with Gasteiger partial charge in [0, 0.05) is 24.8 Å². The molecule has 1 rings (SSSR count). The zero-order valence-corrected chi connectivity index (χ0v) is 9.19. The lowest BCUT2D eigenvalue weighted by molar-refractivity contribution is -0.127. The summed E-state index contributed by atoms with van der Waals surface area (Å²) in [7, 11) is 0. The van der Waals surface area contributed by atoms with E-state index < -0.39 is 0 Å². The zero-order valence-electron chi connectivity index (χ0n) is 8.38. The average molecular weight is 199 g/mol. The van der Waals surface area contributed by atoms with E-state index in [1.54, 1.807) is 0 Å². The lowest BCUT2D eigenvalue weighted by Gasteiger charge is -2.15. The van der Waals surface area contributed by atoms with E-state index in [-0.39, 0.29) is 5.91 Å². The molecule has 0 aliphatic carbocycles. The molecule has 0 aromatic heterocycles. The zero-order chi connectivity index (χ0) is 9.84. The lowest BCUT2D eigenvalue weighted by Crippen LogP contribution is -2.27. The quantitative estimate of drug-likeness (QED) is 0.645. The topological polar surface area (TPSA) is 20.3 Å². The van der Waals surface area contributed by atoms with Gasteiger partial charge >= 0.3 is 0 Å². The van der Waals surface area contributed by atoms with Gasteiger partial charge in [0.15, 0.2) is 0 Å². The summed E-state index contributed by atoms with van der Waals surface area (Å²) in [6.45, 7) is 9.57. The number of carbonyl (C=O) groups is 1. The van der Waals surface area contributed by atoms with Crippen molar-refractivity contribution in [2.75, 3.05) is 18.8 Å². The largest absolute Gasteiger partial charge is 0.338 e. The predicted octanol–water partition coefficient (Wildman–Crippen LogP) is 1.92. The maximum atomic E-state index is 11.5. The third kappa shape index (κ3) is 3.07. The summed E-state index contributed by atoms with van der Waals surface area (Å²) in [6.07, 6.45) is 0.714. The third-order valence-corrected chi connectivity index (χ3v) is 3.16. The van der Waals surface area contributed by atoms with E-state index in [9.17, 15) is 4.79 Å². The summed E-state index contributed by atoms with van der Waals surface area (Å²) in [4.78, 5) is 13.4. The third-order valence-electron chi connectivity index (χ3n) is 2.04. The Morgan fingerprint density at radius 1 is 1.77 bits per heavy atom. The number of thioether (sulfide) groups is 1. The fraction of sp³-hybridized carbons (Fsp3) is 0.700. The Kier molecular flexibility index (Phi) is 3.85. The summed E-state index contributed by atoms with van der Waals surface area (Å²) in [5.41, 5.74) is 1.07. The number of amides is 1. The van der Waals surface area contributed by atoms with E-state index in [1.807, 2.05) is 23.6 Å². The first-order valence-corrected chi connectivity index (χ1v) is 5.72. The maximum absolute atomic E-state index is 11.5. The van der Waals surface area contributed by atoms with Crippen molar-refractivity contribution in [3.63, 3.8) is 0 Å². The minimum atomic E-state index is 0.286. The van der Waals surface area contributed by atoms with Gasteiger partial charge in [-0.2, -0.15) is 11.8 Å². The molecule has 0 aromatic rings. The summed E-state index contributed by atoms with van der Waals surface area (Å²) in [5, 5.41) is 0.511. The Bertz CT molecular complexity index is 215. The van der Waals surface area contributed by atoms with Crippen LogP contribution < -0.4 is 0 Å². The van der Waals surface area contributed by atoms with Gasteiger partial charge in [-0.15, -0.1) is 0 Å². The fourth-order valence-electron chi connectivity index (χ4n) is 1.56. The van der Waals surface area contributed by atoms with Crippen molar-refractivity contribution < 1.29 is 4.79 Å². The maximum Gasteiger partial charge on any atom is 0.224 e. The van der Waals surface area contributed by atoms with Gasteiger partial charge < -0.3 is 4.90 Å². The molecule has 1 atom stereocenters. The smallest absolute Gasteiger partial charge is 0.224 e. The van der Waals surface area contributed by atoms with E-state index >= 15 is 0 Å². The highest BCUT2D eigenvalue weighted by Gasteiger charge is 2.28. The lowest BCUT2D eigenvalue weighted by atomic mass is 10.3. The highest BCUT2D eigenvalue weighted by Crippen LogP contribution is 2.23. The number of hydrogen-bond acceptors (Lipinski definition) is 2. The normalized spacial score (nSPS) is 22.5.